The molecule has 0 spiro atoms. The number of amides is 2. The van der Waals surface area contributed by atoms with Gasteiger partial charge in [0, 0.05) is 53.9 Å². The molecule has 0 fully saturated rings. The molecule has 0 heterocycles. The number of nitriles is 1. The van der Waals surface area contributed by atoms with Crippen molar-refractivity contribution in [2.24, 2.45) is 0 Å². The molecule has 2 amide bonds. The van der Waals surface area contributed by atoms with E-state index in [4.69, 9.17) is 4.74 Å². The third-order valence-electron chi connectivity index (χ3n) is 6.25. The van der Waals surface area contributed by atoms with Crippen molar-refractivity contribution in [2.75, 3.05) is 35.2 Å². The highest BCUT2D eigenvalue weighted by Crippen LogP contribution is 2.28. The minimum absolute atomic E-state index is 0.139. The summed E-state index contributed by atoms with van der Waals surface area (Å²) in [6.45, 7) is 8.99. The van der Waals surface area contributed by atoms with Gasteiger partial charge in [0.15, 0.2) is 6.61 Å². The van der Waals surface area contributed by atoms with E-state index < -0.39 is 23.3 Å². The largest absolute Gasteiger partial charge is 0.483 e. The lowest BCUT2D eigenvalue weighted by atomic mass is 10.1. The minimum Gasteiger partial charge on any atom is -0.483 e. The van der Waals surface area contributed by atoms with Crippen molar-refractivity contribution in [1.29, 1.82) is 5.26 Å². The fourth-order valence-electron chi connectivity index (χ4n) is 3.91. The molecule has 0 aliphatic carbocycles. The lowest BCUT2D eigenvalue weighted by molar-refractivity contribution is -0.384. The predicted molar refractivity (Wildman–Crippen MR) is 155 cm³/mol. The Morgan fingerprint density at radius 1 is 1.00 bits per heavy atom. The second-order valence-corrected chi connectivity index (χ2v) is 8.96. The van der Waals surface area contributed by atoms with Crippen LogP contribution < -0.4 is 20.3 Å². The lowest BCUT2D eigenvalue weighted by Crippen LogP contribution is -2.23. The number of hydrogen-bond donors (Lipinski definition) is 2. The topological polar surface area (TPSA) is 138 Å². The lowest BCUT2D eigenvalue weighted by Gasteiger charge is -2.22. The third-order valence-corrected chi connectivity index (χ3v) is 6.25. The molecular formula is C30H31N5O5. The van der Waals surface area contributed by atoms with Crippen LogP contribution >= 0.6 is 0 Å². The van der Waals surface area contributed by atoms with Gasteiger partial charge in [-0.3, -0.25) is 19.7 Å². The van der Waals surface area contributed by atoms with E-state index >= 15 is 0 Å². The number of aryl methyl sites for hydroxylation is 2. The number of anilines is 3. The fourth-order valence-corrected chi connectivity index (χ4v) is 3.91. The van der Waals surface area contributed by atoms with Crippen LogP contribution in [-0.2, 0) is 9.59 Å². The zero-order valence-corrected chi connectivity index (χ0v) is 22.9. The Bertz CT molecular complexity index is 1490. The van der Waals surface area contributed by atoms with E-state index in [0.717, 1.165) is 29.9 Å². The van der Waals surface area contributed by atoms with E-state index in [1.807, 2.05) is 52.0 Å². The van der Waals surface area contributed by atoms with E-state index in [1.54, 1.807) is 18.2 Å². The fraction of sp³-hybridized carbons (Fsp3) is 0.233. The molecule has 0 aliphatic rings. The molecule has 0 unspecified atom stereocenters. The first-order valence-corrected chi connectivity index (χ1v) is 12.7. The van der Waals surface area contributed by atoms with Crippen molar-refractivity contribution in [2.45, 2.75) is 27.7 Å². The molecule has 0 saturated carbocycles. The van der Waals surface area contributed by atoms with E-state index in [-0.39, 0.29) is 16.9 Å². The number of nitro benzene ring substituents is 1. The molecule has 2 N–H and O–H groups in total. The second kappa shape index (κ2) is 13.6. The summed E-state index contributed by atoms with van der Waals surface area (Å²) >= 11 is 0. The maximum Gasteiger partial charge on any atom is 0.271 e. The van der Waals surface area contributed by atoms with Crippen LogP contribution in [0.2, 0.25) is 0 Å². The van der Waals surface area contributed by atoms with Crippen LogP contribution in [0.25, 0.3) is 6.08 Å². The number of ether oxygens (including phenoxy) is 1. The summed E-state index contributed by atoms with van der Waals surface area (Å²) in [4.78, 5) is 38.1. The zero-order valence-electron chi connectivity index (χ0n) is 22.9. The number of non-ortho nitro benzene ring substituents is 1. The van der Waals surface area contributed by atoms with Gasteiger partial charge >= 0.3 is 0 Å². The van der Waals surface area contributed by atoms with Gasteiger partial charge in [-0.15, -0.1) is 0 Å². The highest BCUT2D eigenvalue weighted by atomic mass is 16.6. The highest BCUT2D eigenvalue weighted by Gasteiger charge is 2.15. The number of benzene rings is 3. The summed E-state index contributed by atoms with van der Waals surface area (Å²) in [6.07, 6.45) is 1.41. The van der Waals surface area contributed by atoms with Gasteiger partial charge in [-0.2, -0.15) is 5.26 Å². The quantitative estimate of drug-likeness (QED) is 0.139. The van der Waals surface area contributed by atoms with Crippen LogP contribution in [0.3, 0.4) is 0 Å². The predicted octanol–water partition coefficient (Wildman–Crippen LogP) is 5.62. The molecule has 0 atom stereocenters. The van der Waals surface area contributed by atoms with Crippen molar-refractivity contribution < 1.29 is 19.2 Å². The molecule has 10 nitrogen and oxygen atoms in total. The first kappa shape index (κ1) is 29.4. The van der Waals surface area contributed by atoms with Gasteiger partial charge in [0.05, 0.1) is 4.92 Å². The van der Waals surface area contributed by atoms with E-state index in [2.05, 4.69) is 15.5 Å². The third kappa shape index (κ3) is 7.68. The summed E-state index contributed by atoms with van der Waals surface area (Å²) < 4.78 is 5.84. The van der Waals surface area contributed by atoms with Crippen molar-refractivity contribution >= 4 is 40.6 Å². The molecule has 0 bridgehead atoms. The standard InChI is InChI=1S/C30H31N5O5/c1-5-34(6-2)26-13-11-22(15-23(18-31)30(37)33-25-12-10-20(3)21(4)14-25)28(17-26)40-19-29(36)32-24-8-7-9-27(16-24)35(38)39/h7-17H,5-6,19H2,1-4H3,(H,32,36)(H,33,37)/b23-15+. The smallest absolute Gasteiger partial charge is 0.271 e. The number of carbonyl (C=O) groups excluding carboxylic acids is 2. The number of hydrogen-bond acceptors (Lipinski definition) is 7. The Labute approximate surface area is 233 Å². The first-order chi connectivity index (χ1) is 19.1. The van der Waals surface area contributed by atoms with Crippen molar-refractivity contribution in [1.82, 2.24) is 0 Å². The molecule has 0 aliphatic heterocycles. The molecule has 0 radical (unpaired) electrons. The first-order valence-electron chi connectivity index (χ1n) is 12.7. The molecule has 40 heavy (non-hydrogen) atoms. The highest BCUT2D eigenvalue weighted by molar-refractivity contribution is 6.10. The van der Waals surface area contributed by atoms with Crippen molar-refractivity contribution in [3.8, 4) is 11.8 Å². The van der Waals surface area contributed by atoms with Gasteiger partial charge in [-0.1, -0.05) is 12.1 Å². The minimum atomic E-state index is -0.576. The molecule has 206 valence electrons. The van der Waals surface area contributed by atoms with E-state index in [0.29, 0.717) is 17.0 Å². The Morgan fingerprint density at radius 3 is 2.38 bits per heavy atom. The Balaban J connectivity index is 1.86. The van der Waals surface area contributed by atoms with Crippen molar-refractivity contribution in [3.63, 3.8) is 0 Å². The summed E-state index contributed by atoms with van der Waals surface area (Å²) in [7, 11) is 0. The zero-order chi connectivity index (χ0) is 29.2. The van der Waals surface area contributed by atoms with Gasteiger partial charge < -0.3 is 20.3 Å². The summed E-state index contributed by atoms with van der Waals surface area (Å²) in [6, 6.07) is 18.3. The SMILES string of the molecule is CCN(CC)c1ccc(/C=C(\C#N)C(=O)Nc2ccc(C)c(C)c2)c(OCC(=O)Nc2cccc([N+](=O)[O-])c2)c1. The molecule has 3 aromatic carbocycles. The van der Waals surface area contributed by atoms with Crippen LogP contribution in [-0.4, -0.2) is 36.4 Å². The second-order valence-electron chi connectivity index (χ2n) is 8.96. The molecule has 0 aromatic heterocycles. The normalized spacial score (nSPS) is 10.8. The van der Waals surface area contributed by atoms with Crippen LogP contribution in [0.4, 0.5) is 22.7 Å². The molecule has 0 saturated heterocycles. The average Bonchev–Trinajstić information content (AvgIpc) is 2.94. The summed E-state index contributed by atoms with van der Waals surface area (Å²) in [5.74, 6) is -0.810. The molecular weight excluding hydrogens is 510 g/mol. The van der Waals surface area contributed by atoms with Crippen LogP contribution in [0.15, 0.2) is 66.2 Å². The molecule has 3 rings (SSSR count). The van der Waals surface area contributed by atoms with E-state index in [9.17, 15) is 25.0 Å². The van der Waals surface area contributed by atoms with Crippen LogP contribution in [0.5, 0.6) is 5.75 Å². The summed E-state index contributed by atoms with van der Waals surface area (Å²) in [5.41, 5.74) is 3.90. The Kier molecular flexibility index (Phi) is 9.97. The Morgan fingerprint density at radius 2 is 1.73 bits per heavy atom. The van der Waals surface area contributed by atoms with Gasteiger partial charge in [-0.05, 0) is 75.2 Å². The van der Waals surface area contributed by atoms with Crippen LogP contribution in [0.1, 0.15) is 30.5 Å². The Hall–Kier alpha value is -5.17. The van der Waals surface area contributed by atoms with Crippen LogP contribution in [0, 0.1) is 35.3 Å². The van der Waals surface area contributed by atoms with Crippen molar-refractivity contribution in [3.05, 3.63) is 93.0 Å². The number of nitrogens with zero attached hydrogens (tertiary/aromatic N) is 3. The van der Waals surface area contributed by atoms with Gasteiger partial charge in [0.2, 0.25) is 0 Å². The maximum atomic E-state index is 12.9. The maximum absolute atomic E-state index is 12.9. The summed E-state index contributed by atoms with van der Waals surface area (Å²) in [5, 5.41) is 26.1. The molecule has 3 aromatic rings. The average molecular weight is 542 g/mol. The number of rotatable bonds is 11. The van der Waals surface area contributed by atoms with Gasteiger partial charge in [-0.25, -0.2) is 0 Å². The number of nitro groups is 1. The number of nitrogens with one attached hydrogen (secondary N) is 2. The van der Waals surface area contributed by atoms with E-state index in [1.165, 1.54) is 30.3 Å². The molecule has 10 heteroatoms. The number of carbonyl (C=O) groups is 2. The van der Waals surface area contributed by atoms with Gasteiger partial charge in [0.25, 0.3) is 17.5 Å². The van der Waals surface area contributed by atoms with Gasteiger partial charge in [0.1, 0.15) is 17.4 Å². The monoisotopic (exact) mass is 541 g/mol.